The number of hydrogen-bond acceptors (Lipinski definition) is 5. The molecule has 2 aliphatic heterocycles. The van der Waals surface area contributed by atoms with E-state index in [-0.39, 0.29) is 6.79 Å². The summed E-state index contributed by atoms with van der Waals surface area (Å²) in [6.45, 7) is 0.180. The van der Waals surface area contributed by atoms with Crippen LogP contribution in [0.1, 0.15) is 26.3 Å². The molecule has 2 heterocycles. The van der Waals surface area contributed by atoms with Crippen molar-refractivity contribution in [3.8, 4) is 11.5 Å². The van der Waals surface area contributed by atoms with E-state index >= 15 is 0 Å². The van der Waals surface area contributed by atoms with Crippen LogP contribution in [0.5, 0.6) is 11.5 Å². The molecule has 0 fully saturated rings. The number of benzene rings is 3. The highest BCUT2D eigenvalue weighted by molar-refractivity contribution is 6.25. The molecule has 126 valence electrons. The average molecular weight is 344 g/mol. The molecule has 2 amide bonds. The number of amides is 2. The van der Waals surface area contributed by atoms with Gasteiger partial charge >= 0.3 is 0 Å². The first-order valence-electron chi connectivity index (χ1n) is 8.06. The lowest BCUT2D eigenvalue weighted by molar-refractivity contribution is 0.0616. The third kappa shape index (κ3) is 2.09. The van der Waals surface area contributed by atoms with Crippen molar-refractivity contribution in [1.82, 2.24) is 5.01 Å². The normalized spacial score (nSPS) is 15.3. The van der Waals surface area contributed by atoms with Crippen molar-refractivity contribution >= 4 is 28.8 Å². The second-order valence-corrected chi connectivity index (χ2v) is 5.99. The van der Waals surface area contributed by atoms with E-state index in [4.69, 9.17) is 9.47 Å². The fraction of sp³-hybridized carbons (Fsp3) is 0.0500. The van der Waals surface area contributed by atoms with Gasteiger partial charge < -0.3 is 9.47 Å². The van der Waals surface area contributed by atoms with E-state index in [1.165, 1.54) is 6.21 Å². The number of carbonyl (C=O) groups excluding carboxylic acids is 2. The van der Waals surface area contributed by atoms with Gasteiger partial charge in [0, 0.05) is 5.39 Å². The van der Waals surface area contributed by atoms with E-state index in [0.29, 0.717) is 33.6 Å². The van der Waals surface area contributed by atoms with Gasteiger partial charge in [0.2, 0.25) is 6.79 Å². The zero-order chi connectivity index (χ0) is 17.7. The fourth-order valence-electron chi connectivity index (χ4n) is 3.24. The highest BCUT2D eigenvalue weighted by atomic mass is 16.7. The van der Waals surface area contributed by atoms with Gasteiger partial charge in [0.15, 0.2) is 11.5 Å². The average Bonchev–Trinajstić information content (AvgIpc) is 3.13. The molecule has 0 unspecified atom stereocenters. The molecule has 0 saturated carbocycles. The molecule has 0 spiro atoms. The van der Waals surface area contributed by atoms with Crippen molar-refractivity contribution in [3.63, 3.8) is 0 Å². The summed E-state index contributed by atoms with van der Waals surface area (Å²) in [5, 5.41) is 6.59. The molecule has 3 aromatic rings. The number of hydrazone groups is 1. The number of fused-ring (bicyclic) bond motifs is 1. The predicted molar refractivity (Wildman–Crippen MR) is 94.6 cm³/mol. The van der Waals surface area contributed by atoms with Gasteiger partial charge in [0.1, 0.15) is 0 Å². The SMILES string of the molecule is O=C1c2cccc3cccc(c23)C(=O)N1/N=C\c1ccc2c(c1)OCO2. The molecule has 0 aromatic heterocycles. The van der Waals surface area contributed by atoms with Gasteiger partial charge in [0.05, 0.1) is 17.3 Å². The number of nitrogens with zero attached hydrogens (tertiary/aromatic N) is 2. The Morgan fingerprint density at radius 3 is 2.31 bits per heavy atom. The summed E-state index contributed by atoms with van der Waals surface area (Å²) in [5.74, 6) is 0.404. The van der Waals surface area contributed by atoms with Crippen LogP contribution in [0.3, 0.4) is 0 Å². The maximum absolute atomic E-state index is 12.8. The van der Waals surface area contributed by atoms with Crippen molar-refractivity contribution in [2.75, 3.05) is 6.79 Å². The zero-order valence-corrected chi connectivity index (χ0v) is 13.5. The van der Waals surface area contributed by atoms with Gasteiger partial charge in [-0.3, -0.25) is 9.59 Å². The summed E-state index contributed by atoms with van der Waals surface area (Å²) in [4.78, 5) is 25.5. The highest BCUT2D eigenvalue weighted by Crippen LogP contribution is 2.32. The number of rotatable bonds is 2. The second kappa shape index (κ2) is 5.42. The zero-order valence-electron chi connectivity index (χ0n) is 13.5. The van der Waals surface area contributed by atoms with Crippen LogP contribution < -0.4 is 9.47 Å². The minimum absolute atomic E-state index is 0.180. The van der Waals surface area contributed by atoms with Gasteiger partial charge in [-0.15, -0.1) is 0 Å². The van der Waals surface area contributed by atoms with Crippen molar-refractivity contribution in [3.05, 3.63) is 71.3 Å². The maximum atomic E-state index is 12.8. The molecule has 0 bridgehead atoms. The fourth-order valence-corrected chi connectivity index (χ4v) is 3.24. The maximum Gasteiger partial charge on any atom is 0.282 e. The molecular formula is C20H12N2O4. The lowest BCUT2D eigenvalue weighted by Gasteiger charge is -2.22. The van der Waals surface area contributed by atoms with Crippen LogP contribution in [0, 0.1) is 0 Å². The minimum Gasteiger partial charge on any atom is -0.454 e. The second-order valence-electron chi connectivity index (χ2n) is 5.99. The lowest BCUT2D eigenvalue weighted by Crippen LogP contribution is -2.36. The molecule has 0 radical (unpaired) electrons. The van der Waals surface area contributed by atoms with Gasteiger partial charge in [-0.2, -0.15) is 10.1 Å². The van der Waals surface area contributed by atoms with Crippen molar-refractivity contribution < 1.29 is 19.1 Å². The molecule has 6 nitrogen and oxygen atoms in total. The predicted octanol–water partition coefficient (Wildman–Crippen LogP) is 3.20. The standard InChI is InChI=1S/C20H12N2O4/c23-19-14-5-1-3-13-4-2-6-15(18(13)14)20(24)22(19)21-10-12-7-8-16-17(9-12)26-11-25-16/h1-10H,11H2/b21-10-. The lowest BCUT2D eigenvalue weighted by atomic mass is 9.95. The summed E-state index contributed by atoms with van der Waals surface area (Å²) in [5.41, 5.74) is 1.65. The molecule has 0 atom stereocenters. The van der Waals surface area contributed by atoms with Crippen LogP contribution in [0.15, 0.2) is 59.7 Å². The molecular weight excluding hydrogens is 332 g/mol. The molecule has 0 N–H and O–H groups in total. The first-order valence-corrected chi connectivity index (χ1v) is 8.06. The number of carbonyl (C=O) groups is 2. The van der Waals surface area contributed by atoms with Crippen LogP contribution in [-0.4, -0.2) is 29.8 Å². The minimum atomic E-state index is -0.434. The van der Waals surface area contributed by atoms with E-state index in [1.807, 2.05) is 12.1 Å². The summed E-state index contributed by atoms with van der Waals surface area (Å²) in [7, 11) is 0. The quantitative estimate of drug-likeness (QED) is 0.529. The Morgan fingerprint density at radius 2 is 1.58 bits per heavy atom. The first-order chi connectivity index (χ1) is 12.7. The van der Waals surface area contributed by atoms with E-state index in [2.05, 4.69) is 5.10 Å². The third-order valence-corrected chi connectivity index (χ3v) is 4.47. The van der Waals surface area contributed by atoms with Crippen LogP contribution in [0.4, 0.5) is 0 Å². The van der Waals surface area contributed by atoms with Gasteiger partial charge in [0.25, 0.3) is 11.8 Å². The molecule has 26 heavy (non-hydrogen) atoms. The number of hydrogen-bond donors (Lipinski definition) is 0. The molecule has 2 aliphatic rings. The molecule has 3 aromatic carbocycles. The third-order valence-electron chi connectivity index (χ3n) is 4.47. The summed E-state index contributed by atoms with van der Waals surface area (Å²) < 4.78 is 10.6. The van der Waals surface area contributed by atoms with Gasteiger partial charge in [-0.25, -0.2) is 0 Å². The smallest absolute Gasteiger partial charge is 0.282 e. The van der Waals surface area contributed by atoms with Crippen LogP contribution in [-0.2, 0) is 0 Å². The Balaban J connectivity index is 1.54. The van der Waals surface area contributed by atoms with Gasteiger partial charge in [-0.1, -0.05) is 24.3 Å². The van der Waals surface area contributed by atoms with E-state index in [1.54, 1.807) is 42.5 Å². The Morgan fingerprint density at radius 1 is 0.885 bits per heavy atom. The summed E-state index contributed by atoms with van der Waals surface area (Å²) >= 11 is 0. The molecule has 5 rings (SSSR count). The van der Waals surface area contributed by atoms with Crippen molar-refractivity contribution in [2.45, 2.75) is 0 Å². The monoisotopic (exact) mass is 344 g/mol. The Bertz CT molecular complexity index is 1070. The number of imide groups is 1. The van der Waals surface area contributed by atoms with Crippen molar-refractivity contribution in [2.24, 2.45) is 5.10 Å². The first kappa shape index (κ1) is 14.7. The Kier molecular flexibility index (Phi) is 3.05. The van der Waals surface area contributed by atoms with E-state index in [9.17, 15) is 9.59 Å². The Hall–Kier alpha value is -3.67. The summed E-state index contributed by atoms with van der Waals surface area (Å²) in [6, 6.07) is 16.1. The topological polar surface area (TPSA) is 68.2 Å². The molecule has 6 heteroatoms. The highest BCUT2D eigenvalue weighted by Gasteiger charge is 2.32. The molecule has 0 saturated heterocycles. The van der Waals surface area contributed by atoms with Crippen LogP contribution >= 0.6 is 0 Å². The van der Waals surface area contributed by atoms with Crippen molar-refractivity contribution in [1.29, 1.82) is 0 Å². The Labute approximate surface area is 148 Å². The van der Waals surface area contributed by atoms with Crippen LogP contribution in [0.2, 0.25) is 0 Å². The number of ether oxygens (including phenoxy) is 2. The summed E-state index contributed by atoms with van der Waals surface area (Å²) in [6.07, 6.45) is 1.46. The molecule has 0 aliphatic carbocycles. The largest absolute Gasteiger partial charge is 0.454 e. The van der Waals surface area contributed by atoms with E-state index < -0.39 is 11.8 Å². The van der Waals surface area contributed by atoms with Gasteiger partial charge in [-0.05, 0) is 41.3 Å². The van der Waals surface area contributed by atoms with E-state index in [0.717, 1.165) is 10.4 Å². The van der Waals surface area contributed by atoms with Crippen LogP contribution in [0.25, 0.3) is 10.8 Å².